The molecule has 7 heteroatoms. The summed E-state index contributed by atoms with van der Waals surface area (Å²) in [6, 6.07) is 0. The Morgan fingerprint density at radius 3 is 2.89 bits per heavy atom. The average molecular weight is 248 g/mol. The number of hydrogen-bond acceptors (Lipinski definition) is 7. The predicted molar refractivity (Wildman–Crippen MR) is 67.4 cm³/mol. The van der Waals surface area contributed by atoms with Gasteiger partial charge in [0, 0.05) is 31.3 Å². The van der Waals surface area contributed by atoms with Crippen LogP contribution in [0.2, 0.25) is 0 Å². The zero-order valence-corrected chi connectivity index (χ0v) is 10.5. The Bertz CT molecular complexity index is 484. The zero-order valence-electron chi connectivity index (χ0n) is 10.5. The van der Waals surface area contributed by atoms with Gasteiger partial charge >= 0.3 is 0 Å². The molecular formula is C11H16N6O. The Balaban J connectivity index is 1.93. The largest absolute Gasteiger partial charge is 0.369 e. The SMILES string of the molecule is CCNc1ncc(C)c(NCCc2ncno2)n1. The molecule has 0 aliphatic heterocycles. The number of anilines is 2. The minimum absolute atomic E-state index is 0.612. The fourth-order valence-corrected chi connectivity index (χ4v) is 1.46. The molecule has 2 aromatic heterocycles. The van der Waals surface area contributed by atoms with E-state index in [0.717, 1.165) is 17.9 Å². The van der Waals surface area contributed by atoms with Crippen molar-refractivity contribution in [2.24, 2.45) is 0 Å². The van der Waals surface area contributed by atoms with Crippen LogP contribution in [0.15, 0.2) is 17.0 Å². The lowest BCUT2D eigenvalue weighted by Crippen LogP contribution is -2.10. The quantitative estimate of drug-likeness (QED) is 0.795. The van der Waals surface area contributed by atoms with Crippen molar-refractivity contribution in [3.63, 3.8) is 0 Å². The van der Waals surface area contributed by atoms with Crippen molar-refractivity contribution in [2.45, 2.75) is 20.3 Å². The molecule has 0 fully saturated rings. The van der Waals surface area contributed by atoms with Crippen LogP contribution in [0.3, 0.4) is 0 Å². The summed E-state index contributed by atoms with van der Waals surface area (Å²) in [6.07, 6.45) is 3.86. The summed E-state index contributed by atoms with van der Waals surface area (Å²) in [5.74, 6) is 2.06. The number of nitrogens with zero attached hydrogens (tertiary/aromatic N) is 4. The lowest BCUT2D eigenvalue weighted by molar-refractivity contribution is 0.379. The second-order valence-electron chi connectivity index (χ2n) is 3.77. The first-order valence-electron chi connectivity index (χ1n) is 5.86. The summed E-state index contributed by atoms with van der Waals surface area (Å²) in [4.78, 5) is 12.5. The highest BCUT2D eigenvalue weighted by molar-refractivity contribution is 5.46. The van der Waals surface area contributed by atoms with E-state index in [-0.39, 0.29) is 0 Å². The fourth-order valence-electron chi connectivity index (χ4n) is 1.46. The molecule has 0 saturated heterocycles. The molecule has 18 heavy (non-hydrogen) atoms. The van der Waals surface area contributed by atoms with E-state index in [4.69, 9.17) is 4.52 Å². The van der Waals surface area contributed by atoms with Crippen LogP contribution in [0.4, 0.5) is 11.8 Å². The first-order chi connectivity index (χ1) is 8.79. The summed E-state index contributed by atoms with van der Waals surface area (Å²) >= 11 is 0. The normalized spacial score (nSPS) is 10.3. The maximum atomic E-state index is 4.92. The van der Waals surface area contributed by atoms with Crippen molar-refractivity contribution in [1.82, 2.24) is 20.1 Å². The van der Waals surface area contributed by atoms with Gasteiger partial charge in [-0.2, -0.15) is 9.97 Å². The van der Waals surface area contributed by atoms with Gasteiger partial charge in [-0.05, 0) is 13.8 Å². The van der Waals surface area contributed by atoms with E-state index in [2.05, 4.69) is 30.7 Å². The molecule has 2 aromatic rings. The number of nitrogens with one attached hydrogen (secondary N) is 2. The Kier molecular flexibility index (Phi) is 4.06. The maximum absolute atomic E-state index is 4.92. The van der Waals surface area contributed by atoms with Gasteiger partial charge in [0.1, 0.15) is 5.82 Å². The molecule has 96 valence electrons. The Labute approximate surface area is 105 Å². The van der Waals surface area contributed by atoms with Crippen molar-refractivity contribution in [2.75, 3.05) is 23.7 Å². The van der Waals surface area contributed by atoms with E-state index in [1.807, 2.05) is 13.8 Å². The molecule has 0 unspecified atom stereocenters. The zero-order chi connectivity index (χ0) is 12.8. The molecule has 2 N–H and O–H groups in total. The minimum Gasteiger partial charge on any atom is -0.369 e. The topological polar surface area (TPSA) is 88.8 Å². The van der Waals surface area contributed by atoms with E-state index < -0.39 is 0 Å². The molecule has 2 heterocycles. The van der Waals surface area contributed by atoms with Gasteiger partial charge < -0.3 is 15.2 Å². The maximum Gasteiger partial charge on any atom is 0.228 e. The third kappa shape index (κ3) is 3.16. The van der Waals surface area contributed by atoms with Crippen LogP contribution in [0.1, 0.15) is 18.4 Å². The molecule has 0 aliphatic carbocycles. The van der Waals surface area contributed by atoms with Crippen molar-refractivity contribution in [1.29, 1.82) is 0 Å². The average Bonchev–Trinajstić information content (AvgIpc) is 2.86. The molecule has 0 bridgehead atoms. The lowest BCUT2D eigenvalue weighted by Gasteiger charge is -2.09. The smallest absolute Gasteiger partial charge is 0.228 e. The second-order valence-corrected chi connectivity index (χ2v) is 3.77. The molecular weight excluding hydrogens is 232 g/mol. The van der Waals surface area contributed by atoms with E-state index >= 15 is 0 Å². The van der Waals surface area contributed by atoms with Crippen molar-refractivity contribution in [3.05, 3.63) is 24.0 Å². The van der Waals surface area contributed by atoms with Gasteiger partial charge in [-0.15, -0.1) is 0 Å². The fraction of sp³-hybridized carbons (Fsp3) is 0.455. The van der Waals surface area contributed by atoms with Crippen molar-refractivity contribution in [3.8, 4) is 0 Å². The summed E-state index contributed by atoms with van der Waals surface area (Å²) in [5, 5.41) is 9.86. The number of aryl methyl sites for hydroxylation is 1. The van der Waals surface area contributed by atoms with Crippen LogP contribution in [-0.4, -0.2) is 33.2 Å². The van der Waals surface area contributed by atoms with E-state index in [9.17, 15) is 0 Å². The Morgan fingerprint density at radius 1 is 1.28 bits per heavy atom. The molecule has 0 aliphatic rings. The highest BCUT2D eigenvalue weighted by Gasteiger charge is 2.04. The first-order valence-corrected chi connectivity index (χ1v) is 5.86. The van der Waals surface area contributed by atoms with Crippen molar-refractivity contribution >= 4 is 11.8 Å². The second kappa shape index (κ2) is 5.95. The van der Waals surface area contributed by atoms with Crippen molar-refractivity contribution < 1.29 is 4.52 Å². The summed E-state index contributed by atoms with van der Waals surface area (Å²) in [7, 11) is 0. The van der Waals surface area contributed by atoms with Crippen LogP contribution in [-0.2, 0) is 6.42 Å². The van der Waals surface area contributed by atoms with Gasteiger partial charge in [-0.25, -0.2) is 4.98 Å². The van der Waals surface area contributed by atoms with E-state index in [0.29, 0.717) is 24.8 Å². The molecule has 0 atom stereocenters. The minimum atomic E-state index is 0.612. The molecule has 0 aromatic carbocycles. The van der Waals surface area contributed by atoms with Crippen LogP contribution < -0.4 is 10.6 Å². The predicted octanol–water partition coefficient (Wildman–Crippen LogP) is 1.25. The summed E-state index contributed by atoms with van der Waals surface area (Å²) < 4.78 is 4.92. The molecule has 0 saturated carbocycles. The third-order valence-electron chi connectivity index (χ3n) is 2.34. The first kappa shape index (κ1) is 12.3. The molecule has 7 nitrogen and oxygen atoms in total. The van der Waals surface area contributed by atoms with Crippen LogP contribution in [0, 0.1) is 6.92 Å². The monoisotopic (exact) mass is 248 g/mol. The van der Waals surface area contributed by atoms with E-state index in [1.54, 1.807) is 6.20 Å². The van der Waals surface area contributed by atoms with Gasteiger partial charge in [0.05, 0.1) is 0 Å². The van der Waals surface area contributed by atoms with Crippen LogP contribution in [0.25, 0.3) is 0 Å². The van der Waals surface area contributed by atoms with Crippen LogP contribution in [0.5, 0.6) is 0 Å². The summed E-state index contributed by atoms with van der Waals surface area (Å²) in [6.45, 7) is 5.45. The molecule has 0 spiro atoms. The highest BCUT2D eigenvalue weighted by atomic mass is 16.5. The van der Waals surface area contributed by atoms with Gasteiger partial charge in [-0.1, -0.05) is 5.16 Å². The van der Waals surface area contributed by atoms with Gasteiger partial charge in [0.2, 0.25) is 11.8 Å². The number of aromatic nitrogens is 4. The van der Waals surface area contributed by atoms with Gasteiger partial charge in [0.25, 0.3) is 0 Å². The molecule has 0 amide bonds. The van der Waals surface area contributed by atoms with E-state index in [1.165, 1.54) is 6.33 Å². The number of rotatable bonds is 6. The third-order valence-corrected chi connectivity index (χ3v) is 2.34. The molecule has 2 rings (SSSR count). The van der Waals surface area contributed by atoms with Crippen LogP contribution >= 0.6 is 0 Å². The number of hydrogen-bond donors (Lipinski definition) is 2. The Morgan fingerprint density at radius 2 is 2.17 bits per heavy atom. The van der Waals surface area contributed by atoms with Gasteiger partial charge in [0.15, 0.2) is 6.33 Å². The van der Waals surface area contributed by atoms with Gasteiger partial charge in [-0.3, -0.25) is 0 Å². The lowest BCUT2D eigenvalue weighted by atomic mass is 10.3. The standard InChI is InChI=1S/C11H16N6O/c1-3-12-11-14-6-8(2)10(17-11)13-5-4-9-15-7-16-18-9/h6-7H,3-5H2,1-2H3,(H2,12,13,14,17). The summed E-state index contributed by atoms with van der Waals surface area (Å²) in [5.41, 5.74) is 1.00. The Hall–Kier alpha value is -2.18. The highest BCUT2D eigenvalue weighted by Crippen LogP contribution is 2.12. The molecule has 0 radical (unpaired) electrons.